The largest absolute Gasteiger partial charge is 0.423 e. The maximum absolute atomic E-state index is 13.8. The average Bonchev–Trinajstić information content (AvgIpc) is 2.57. The molecule has 0 nitrogen and oxygen atoms in total. The highest BCUT2D eigenvalue weighted by Gasteiger charge is 2.76. The van der Waals surface area contributed by atoms with E-state index in [1.165, 1.54) is 0 Å². The Hall–Kier alpha value is -0.750. The lowest BCUT2D eigenvalue weighted by atomic mass is 9.79. The predicted molar refractivity (Wildman–Crippen MR) is 40.2 cm³/mol. The van der Waals surface area contributed by atoms with Crippen molar-refractivity contribution >= 4 is 0 Å². The van der Waals surface area contributed by atoms with Crippen LogP contribution in [0, 0.1) is 17.8 Å². The van der Waals surface area contributed by atoms with Crippen LogP contribution in [0.3, 0.4) is 0 Å². The van der Waals surface area contributed by atoms with E-state index in [0.29, 0.717) is 0 Å². The normalized spacial score (nSPS) is 43.1. The van der Waals surface area contributed by atoms with Gasteiger partial charge in [-0.05, 0) is 12.3 Å². The molecule has 16 heavy (non-hydrogen) atoms. The lowest BCUT2D eigenvalue weighted by Crippen LogP contribution is -2.55. The first-order valence-electron chi connectivity index (χ1n) is 4.59. The summed E-state index contributed by atoms with van der Waals surface area (Å²) in [5, 5.41) is 0. The Morgan fingerprint density at radius 1 is 1.00 bits per heavy atom. The molecule has 7 heteroatoms. The van der Waals surface area contributed by atoms with Crippen molar-refractivity contribution in [2.75, 3.05) is 0 Å². The Morgan fingerprint density at radius 2 is 1.56 bits per heavy atom. The Labute approximate surface area is 86.1 Å². The highest BCUT2D eigenvalue weighted by atomic mass is 19.4. The summed E-state index contributed by atoms with van der Waals surface area (Å²) < 4.78 is 88.6. The van der Waals surface area contributed by atoms with Gasteiger partial charge in [-0.1, -0.05) is 12.2 Å². The number of fused-ring (bicyclic) bond motifs is 2. The van der Waals surface area contributed by atoms with Crippen LogP contribution in [0.25, 0.3) is 0 Å². The van der Waals surface area contributed by atoms with E-state index in [-0.39, 0.29) is 0 Å². The Kier molecular flexibility index (Phi) is 2.14. The maximum atomic E-state index is 13.8. The molecule has 0 aliphatic heterocycles. The summed E-state index contributed by atoms with van der Waals surface area (Å²) >= 11 is 0. The highest BCUT2D eigenvalue weighted by Crippen LogP contribution is 2.63. The molecule has 1 saturated carbocycles. The molecular formula is C9H7F7. The van der Waals surface area contributed by atoms with Gasteiger partial charge in [0.2, 0.25) is 5.67 Å². The molecule has 0 aromatic rings. The molecule has 4 atom stereocenters. The Bertz CT molecular complexity index is 326. The second-order valence-electron chi connectivity index (χ2n) is 4.18. The van der Waals surface area contributed by atoms with Crippen molar-refractivity contribution in [3.63, 3.8) is 0 Å². The third kappa shape index (κ3) is 1.29. The number of hydrogen-bond acceptors (Lipinski definition) is 0. The standard InChI is InChI=1S/C9H7F7/c10-7(9(14,15)16)5-2-1-4(3-5)6(7)8(11,12)13/h1-2,4-6H,3H2/t4-,5+,6-,7+/m1/s1. The van der Waals surface area contributed by atoms with Crippen LogP contribution in [0.2, 0.25) is 0 Å². The zero-order valence-electron chi connectivity index (χ0n) is 7.74. The van der Waals surface area contributed by atoms with Gasteiger partial charge in [-0.3, -0.25) is 0 Å². The zero-order chi connectivity index (χ0) is 12.4. The quantitative estimate of drug-likeness (QED) is 0.453. The van der Waals surface area contributed by atoms with Crippen LogP contribution in [-0.2, 0) is 0 Å². The van der Waals surface area contributed by atoms with Crippen LogP contribution in [0.4, 0.5) is 30.7 Å². The third-order valence-electron chi connectivity index (χ3n) is 3.32. The molecule has 0 spiro atoms. The van der Waals surface area contributed by atoms with Crippen molar-refractivity contribution in [1.29, 1.82) is 0 Å². The monoisotopic (exact) mass is 248 g/mol. The first-order valence-corrected chi connectivity index (χ1v) is 4.59. The molecule has 2 rings (SSSR count). The van der Waals surface area contributed by atoms with Crippen molar-refractivity contribution in [2.45, 2.75) is 24.4 Å². The van der Waals surface area contributed by atoms with Gasteiger partial charge in [-0.15, -0.1) is 0 Å². The molecule has 0 radical (unpaired) electrons. The summed E-state index contributed by atoms with van der Waals surface area (Å²) in [6.07, 6.45) is -9.14. The number of halogens is 7. The van der Waals surface area contributed by atoms with E-state index in [0.717, 1.165) is 12.2 Å². The van der Waals surface area contributed by atoms with Crippen LogP contribution in [0.5, 0.6) is 0 Å². The van der Waals surface area contributed by atoms with Gasteiger partial charge in [0.15, 0.2) is 0 Å². The summed E-state index contributed by atoms with van der Waals surface area (Å²) in [6, 6.07) is 0. The van der Waals surface area contributed by atoms with Gasteiger partial charge in [0.05, 0.1) is 0 Å². The SMILES string of the molecule is FC(F)(F)[C@@H]1[C@@H]2C=C[C@@H](C2)[C@@]1(F)C(F)(F)F. The van der Waals surface area contributed by atoms with Crippen LogP contribution in [0.1, 0.15) is 6.42 Å². The minimum atomic E-state index is -5.49. The predicted octanol–water partition coefficient (Wildman–Crippen LogP) is 3.64. The zero-order valence-corrected chi connectivity index (χ0v) is 7.74. The molecule has 2 bridgehead atoms. The second kappa shape index (κ2) is 2.92. The van der Waals surface area contributed by atoms with Crippen LogP contribution < -0.4 is 0 Å². The molecule has 0 aromatic heterocycles. The lowest BCUT2D eigenvalue weighted by molar-refractivity contribution is -0.303. The van der Waals surface area contributed by atoms with Gasteiger partial charge < -0.3 is 0 Å². The molecule has 0 aromatic carbocycles. The molecule has 0 heterocycles. The van der Waals surface area contributed by atoms with E-state index in [4.69, 9.17) is 0 Å². The van der Waals surface area contributed by atoms with Gasteiger partial charge in [0.1, 0.15) is 5.92 Å². The first kappa shape index (κ1) is 11.7. The fourth-order valence-electron chi connectivity index (χ4n) is 2.70. The van der Waals surface area contributed by atoms with Gasteiger partial charge in [0, 0.05) is 5.92 Å². The fourth-order valence-corrected chi connectivity index (χ4v) is 2.70. The molecule has 2 aliphatic carbocycles. The molecule has 92 valence electrons. The number of alkyl halides is 7. The lowest BCUT2D eigenvalue weighted by Gasteiger charge is -2.37. The average molecular weight is 248 g/mol. The Balaban J connectivity index is 2.48. The molecular weight excluding hydrogens is 241 g/mol. The highest BCUT2D eigenvalue weighted by molar-refractivity contribution is 5.24. The van der Waals surface area contributed by atoms with Gasteiger partial charge in [-0.2, -0.15) is 26.3 Å². The minimum absolute atomic E-state index is 0.416. The second-order valence-corrected chi connectivity index (χ2v) is 4.18. The van der Waals surface area contributed by atoms with Crippen LogP contribution in [0.15, 0.2) is 12.2 Å². The fraction of sp³-hybridized carbons (Fsp3) is 0.778. The van der Waals surface area contributed by atoms with E-state index < -0.39 is 42.2 Å². The summed E-state index contributed by atoms with van der Waals surface area (Å²) in [5.74, 6) is -6.06. The summed E-state index contributed by atoms with van der Waals surface area (Å²) in [7, 11) is 0. The molecule has 0 saturated heterocycles. The summed E-state index contributed by atoms with van der Waals surface area (Å²) in [4.78, 5) is 0. The van der Waals surface area contributed by atoms with E-state index in [9.17, 15) is 30.7 Å². The van der Waals surface area contributed by atoms with Gasteiger partial charge >= 0.3 is 12.4 Å². The van der Waals surface area contributed by atoms with E-state index in [2.05, 4.69) is 0 Å². The van der Waals surface area contributed by atoms with E-state index >= 15 is 0 Å². The molecule has 0 amide bonds. The molecule has 0 N–H and O–H groups in total. The third-order valence-corrected chi connectivity index (χ3v) is 3.32. The number of hydrogen-bond donors (Lipinski definition) is 0. The number of allylic oxidation sites excluding steroid dienone is 2. The smallest absolute Gasteiger partial charge is 0.232 e. The van der Waals surface area contributed by atoms with E-state index in [1.807, 2.05) is 0 Å². The molecule has 1 fully saturated rings. The maximum Gasteiger partial charge on any atom is 0.423 e. The summed E-state index contributed by atoms with van der Waals surface area (Å²) in [6.45, 7) is 0. The molecule has 0 unspecified atom stereocenters. The Morgan fingerprint density at radius 3 is 1.94 bits per heavy atom. The van der Waals surface area contributed by atoms with Crippen LogP contribution >= 0.6 is 0 Å². The van der Waals surface area contributed by atoms with Crippen molar-refractivity contribution in [3.05, 3.63) is 12.2 Å². The topological polar surface area (TPSA) is 0 Å². The van der Waals surface area contributed by atoms with Crippen molar-refractivity contribution in [1.82, 2.24) is 0 Å². The minimum Gasteiger partial charge on any atom is -0.232 e. The number of rotatable bonds is 0. The van der Waals surface area contributed by atoms with Crippen molar-refractivity contribution in [2.24, 2.45) is 17.8 Å². The van der Waals surface area contributed by atoms with Crippen molar-refractivity contribution in [3.8, 4) is 0 Å². The van der Waals surface area contributed by atoms with Gasteiger partial charge in [0.25, 0.3) is 0 Å². The van der Waals surface area contributed by atoms with E-state index in [1.54, 1.807) is 0 Å². The summed E-state index contributed by atoms with van der Waals surface area (Å²) in [5.41, 5.74) is -4.16. The van der Waals surface area contributed by atoms with Crippen molar-refractivity contribution < 1.29 is 30.7 Å². The van der Waals surface area contributed by atoms with Gasteiger partial charge in [-0.25, -0.2) is 4.39 Å². The molecule has 2 aliphatic rings. The van der Waals surface area contributed by atoms with Crippen LogP contribution in [-0.4, -0.2) is 18.0 Å². The first-order chi connectivity index (χ1) is 7.08.